The summed E-state index contributed by atoms with van der Waals surface area (Å²) >= 11 is 17.7. The Morgan fingerprint density at radius 2 is 1.91 bits per heavy atom. The Hall–Kier alpha value is -1.28. The number of carbonyl (C=O) groups is 1. The highest BCUT2D eigenvalue weighted by Crippen LogP contribution is 2.28. The lowest BCUT2D eigenvalue weighted by Crippen LogP contribution is -2.16. The van der Waals surface area contributed by atoms with Crippen LogP contribution >= 0.6 is 34.8 Å². The second-order valence-corrected chi connectivity index (χ2v) is 7.45. The summed E-state index contributed by atoms with van der Waals surface area (Å²) in [4.78, 5) is 12.2. The smallest absolute Gasteiger partial charge is 0.277 e. The van der Waals surface area contributed by atoms with Gasteiger partial charge >= 0.3 is 0 Å². The molecule has 22 heavy (non-hydrogen) atoms. The van der Waals surface area contributed by atoms with Gasteiger partial charge in [-0.25, -0.2) is 8.42 Å². The standard InChI is InChI=1S/C12H10Cl3N3O3S/c1-6-3-4-8(7(13)5-6)16-12(19)10-9(14)11(15)18(17-10)22(2,20)21/h3-5H,1-2H3,(H,16,19). The minimum absolute atomic E-state index is 0.257. The first-order chi connectivity index (χ1) is 10.1. The number of halogens is 3. The number of benzene rings is 1. The fraction of sp³-hybridized carbons (Fsp3) is 0.167. The molecular weight excluding hydrogens is 373 g/mol. The molecule has 1 aromatic heterocycles. The number of anilines is 1. The van der Waals surface area contributed by atoms with E-state index in [-0.39, 0.29) is 15.9 Å². The van der Waals surface area contributed by atoms with Gasteiger partial charge in [-0.3, -0.25) is 4.79 Å². The van der Waals surface area contributed by atoms with Crippen LogP contribution < -0.4 is 5.32 Å². The topological polar surface area (TPSA) is 81.1 Å². The van der Waals surface area contributed by atoms with Crippen LogP contribution in [0, 0.1) is 6.92 Å². The van der Waals surface area contributed by atoms with Gasteiger partial charge in [0.25, 0.3) is 15.9 Å². The Morgan fingerprint density at radius 1 is 1.27 bits per heavy atom. The number of nitrogens with one attached hydrogen (secondary N) is 1. The lowest BCUT2D eigenvalue weighted by Gasteiger charge is -2.06. The van der Waals surface area contributed by atoms with E-state index in [1.807, 2.05) is 6.92 Å². The SMILES string of the molecule is Cc1ccc(NC(=O)c2nn(S(C)(=O)=O)c(Cl)c2Cl)c(Cl)c1. The summed E-state index contributed by atoms with van der Waals surface area (Å²) < 4.78 is 23.5. The van der Waals surface area contributed by atoms with Gasteiger partial charge < -0.3 is 5.32 Å². The van der Waals surface area contributed by atoms with Crippen LogP contribution in [0.1, 0.15) is 16.1 Å². The van der Waals surface area contributed by atoms with Crippen molar-refractivity contribution in [1.82, 2.24) is 9.19 Å². The quantitative estimate of drug-likeness (QED) is 0.884. The van der Waals surface area contributed by atoms with Gasteiger partial charge in [-0.1, -0.05) is 40.9 Å². The van der Waals surface area contributed by atoms with Gasteiger partial charge in [0.1, 0.15) is 5.02 Å². The number of nitrogens with zero attached hydrogens (tertiary/aromatic N) is 2. The maximum Gasteiger partial charge on any atom is 0.277 e. The molecule has 118 valence electrons. The summed E-state index contributed by atoms with van der Waals surface area (Å²) in [5.74, 6) is -0.722. The fourth-order valence-electron chi connectivity index (χ4n) is 1.63. The maximum atomic E-state index is 12.2. The third kappa shape index (κ3) is 3.38. The number of aryl methyl sites for hydroxylation is 1. The van der Waals surface area contributed by atoms with Crippen molar-refractivity contribution in [2.45, 2.75) is 6.92 Å². The molecule has 0 unspecified atom stereocenters. The molecule has 0 fully saturated rings. The molecule has 0 bridgehead atoms. The lowest BCUT2D eigenvalue weighted by atomic mass is 10.2. The van der Waals surface area contributed by atoms with Crippen molar-refractivity contribution in [2.75, 3.05) is 11.6 Å². The lowest BCUT2D eigenvalue weighted by molar-refractivity contribution is 0.102. The van der Waals surface area contributed by atoms with Gasteiger partial charge in [-0.2, -0.15) is 0 Å². The molecule has 2 aromatic rings. The van der Waals surface area contributed by atoms with Crippen molar-refractivity contribution in [1.29, 1.82) is 0 Å². The van der Waals surface area contributed by atoms with Gasteiger partial charge in [0, 0.05) is 0 Å². The molecule has 0 aliphatic heterocycles. The molecule has 1 aromatic carbocycles. The van der Waals surface area contributed by atoms with Crippen LogP contribution in [0.15, 0.2) is 18.2 Å². The molecule has 0 saturated carbocycles. The van der Waals surface area contributed by atoms with Crippen molar-refractivity contribution < 1.29 is 13.2 Å². The van der Waals surface area contributed by atoms with Crippen molar-refractivity contribution >= 4 is 56.4 Å². The molecule has 1 N–H and O–H groups in total. The zero-order chi connectivity index (χ0) is 16.7. The van der Waals surface area contributed by atoms with Crippen molar-refractivity contribution in [2.24, 2.45) is 0 Å². The van der Waals surface area contributed by atoms with E-state index in [1.165, 1.54) is 0 Å². The highest BCUT2D eigenvalue weighted by Gasteiger charge is 2.25. The molecule has 2 rings (SSSR count). The molecule has 0 aliphatic carbocycles. The van der Waals surface area contributed by atoms with E-state index in [9.17, 15) is 13.2 Å². The molecule has 0 aliphatic rings. The minimum atomic E-state index is -3.77. The summed E-state index contributed by atoms with van der Waals surface area (Å²) in [7, 11) is -3.77. The first kappa shape index (κ1) is 17.1. The van der Waals surface area contributed by atoms with E-state index >= 15 is 0 Å². The van der Waals surface area contributed by atoms with Crippen LogP contribution in [-0.4, -0.2) is 29.8 Å². The second-order valence-electron chi connectivity index (χ2n) is 4.50. The zero-order valence-electron chi connectivity index (χ0n) is 11.4. The van der Waals surface area contributed by atoms with Crippen LogP contribution in [-0.2, 0) is 10.0 Å². The van der Waals surface area contributed by atoms with Crippen LogP contribution in [0.4, 0.5) is 5.69 Å². The highest BCUT2D eigenvalue weighted by molar-refractivity contribution is 7.89. The first-order valence-electron chi connectivity index (χ1n) is 5.83. The van der Waals surface area contributed by atoms with Gasteiger partial charge in [0.05, 0.1) is 17.0 Å². The summed E-state index contributed by atoms with van der Waals surface area (Å²) in [6, 6.07) is 5.03. The first-order valence-corrected chi connectivity index (χ1v) is 8.81. The van der Waals surface area contributed by atoms with Gasteiger partial charge in [-0.05, 0) is 24.6 Å². The summed E-state index contributed by atoms with van der Waals surface area (Å²) in [6.07, 6.45) is 0.890. The maximum absolute atomic E-state index is 12.2. The van der Waals surface area contributed by atoms with E-state index in [4.69, 9.17) is 34.8 Å². The number of amides is 1. The van der Waals surface area contributed by atoms with Gasteiger partial charge in [-0.15, -0.1) is 9.19 Å². The molecule has 0 spiro atoms. The van der Waals surface area contributed by atoms with Crippen LogP contribution in [0.2, 0.25) is 15.2 Å². The summed E-state index contributed by atoms with van der Waals surface area (Å²) in [5, 5.41) is 5.85. The Bertz CT molecular complexity index is 862. The monoisotopic (exact) mass is 381 g/mol. The minimum Gasteiger partial charge on any atom is -0.319 e. The van der Waals surface area contributed by atoms with Crippen LogP contribution in [0.25, 0.3) is 0 Å². The van der Waals surface area contributed by atoms with Crippen molar-refractivity contribution in [3.8, 4) is 0 Å². The fourth-order valence-corrected chi connectivity index (χ4v) is 3.28. The number of hydrogen-bond donors (Lipinski definition) is 1. The molecule has 0 radical (unpaired) electrons. The van der Waals surface area contributed by atoms with Crippen LogP contribution in [0.5, 0.6) is 0 Å². The molecule has 0 saturated heterocycles. The van der Waals surface area contributed by atoms with Gasteiger partial charge in [0.2, 0.25) is 0 Å². The number of aromatic nitrogens is 2. The Balaban J connectivity index is 2.38. The summed E-state index contributed by atoms with van der Waals surface area (Å²) in [6.45, 7) is 1.85. The molecular formula is C12H10Cl3N3O3S. The summed E-state index contributed by atoms with van der Waals surface area (Å²) in [5.41, 5.74) is 0.956. The number of rotatable bonds is 3. The van der Waals surface area contributed by atoms with Crippen molar-refractivity contribution in [3.63, 3.8) is 0 Å². The predicted molar refractivity (Wildman–Crippen MR) is 86.6 cm³/mol. The Morgan fingerprint density at radius 3 is 2.41 bits per heavy atom. The Labute approximate surface area is 142 Å². The van der Waals surface area contributed by atoms with Crippen molar-refractivity contribution in [3.05, 3.63) is 44.7 Å². The third-order valence-electron chi connectivity index (χ3n) is 2.65. The van der Waals surface area contributed by atoms with E-state index in [1.54, 1.807) is 18.2 Å². The van der Waals surface area contributed by atoms with Crippen LogP contribution in [0.3, 0.4) is 0 Å². The molecule has 6 nitrogen and oxygen atoms in total. The molecule has 0 atom stereocenters. The highest BCUT2D eigenvalue weighted by atomic mass is 35.5. The van der Waals surface area contributed by atoms with E-state index in [0.29, 0.717) is 14.8 Å². The molecule has 1 heterocycles. The third-order valence-corrected chi connectivity index (χ3v) is 4.76. The van der Waals surface area contributed by atoms with E-state index in [2.05, 4.69) is 10.4 Å². The molecule has 10 heteroatoms. The van der Waals surface area contributed by atoms with E-state index in [0.717, 1.165) is 11.8 Å². The second kappa shape index (κ2) is 6.08. The number of carbonyl (C=O) groups excluding carboxylic acids is 1. The van der Waals surface area contributed by atoms with E-state index < -0.39 is 15.9 Å². The Kier molecular flexibility index (Phi) is 4.72. The average Bonchev–Trinajstić information content (AvgIpc) is 2.69. The average molecular weight is 383 g/mol. The predicted octanol–water partition coefficient (Wildman–Crippen LogP) is 3.21. The van der Waals surface area contributed by atoms with Gasteiger partial charge in [0.15, 0.2) is 10.8 Å². The molecule has 1 amide bonds. The normalized spacial score (nSPS) is 11.5. The zero-order valence-corrected chi connectivity index (χ0v) is 14.5. The largest absolute Gasteiger partial charge is 0.319 e. The number of hydrogen-bond acceptors (Lipinski definition) is 4.